The Morgan fingerprint density at radius 3 is 2.29 bits per heavy atom. The Labute approximate surface area is 183 Å². The normalized spacial score (nSPS) is 14.6. The minimum atomic E-state index is -3.84. The van der Waals surface area contributed by atoms with Crippen LogP contribution in [0.1, 0.15) is 37.8 Å². The number of benzene rings is 2. The van der Waals surface area contributed by atoms with Gasteiger partial charge in [0.15, 0.2) is 0 Å². The molecule has 1 amide bonds. The highest BCUT2D eigenvalue weighted by atomic mass is 32.2. The van der Waals surface area contributed by atoms with Gasteiger partial charge in [-0.1, -0.05) is 13.0 Å². The lowest BCUT2D eigenvalue weighted by Crippen LogP contribution is -2.36. The maximum Gasteiger partial charge on any atom is 0.261 e. The molecule has 0 fully saturated rings. The third-order valence-corrected chi connectivity index (χ3v) is 8.34. The maximum absolute atomic E-state index is 12.8. The Balaban J connectivity index is 1.75. The Bertz CT molecular complexity index is 1160. The molecule has 3 rings (SSSR count). The van der Waals surface area contributed by atoms with Gasteiger partial charge in [-0.2, -0.15) is 4.31 Å². The number of carbonyl (C=O) groups is 1. The summed E-state index contributed by atoms with van der Waals surface area (Å²) in [6, 6.07) is 11.1. The number of fused-ring (bicyclic) bond motifs is 1. The SMILES string of the molecule is CCCC(=O)Nc1ccc(S(=O)(=O)Nc2ccc3c(c2)CN(S(=O)(=O)CC)CC3)cc1. The number of nitrogens with one attached hydrogen (secondary N) is 2. The summed E-state index contributed by atoms with van der Waals surface area (Å²) in [6.07, 6.45) is 1.72. The summed E-state index contributed by atoms with van der Waals surface area (Å²) in [7, 11) is -7.14. The molecule has 168 valence electrons. The molecular weight excluding hydrogens is 438 g/mol. The second-order valence-electron chi connectivity index (χ2n) is 7.40. The zero-order chi connectivity index (χ0) is 22.6. The molecule has 10 heteroatoms. The van der Waals surface area contributed by atoms with Gasteiger partial charge in [0, 0.05) is 30.9 Å². The summed E-state index contributed by atoms with van der Waals surface area (Å²) in [5.41, 5.74) is 2.70. The van der Waals surface area contributed by atoms with Crippen LogP contribution in [-0.4, -0.2) is 39.3 Å². The van der Waals surface area contributed by atoms with Crippen molar-refractivity contribution < 1.29 is 21.6 Å². The fourth-order valence-electron chi connectivity index (χ4n) is 3.40. The van der Waals surface area contributed by atoms with E-state index >= 15 is 0 Å². The molecule has 8 nitrogen and oxygen atoms in total. The average molecular weight is 466 g/mol. The summed E-state index contributed by atoms with van der Waals surface area (Å²) in [5.74, 6) is -0.0896. The minimum Gasteiger partial charge on any atom is -0.326 e. The largest absolute Gasteiger partial charge is 0.326 e. The van der Waals surface area contributed by atoms with E-state index in [9.17, 15) is 21.6 Å². The summed E-state index contributed by atoms with van der Waals surface area (Å²) >= 11 is 0. The van der Waals surface area contributed by atoms with E-state index in [0.717, 1.165) is 17.5 Å². The molecule has 2 aromatic carbocycles. The van der Waals surface area contributed by atoms with E-state index in [1.807, 2.05) is 13.0 Å². The average Bonchev–Trinajstić information content (AvgIpc) is 2.73. The molecule has 1 aliphatic rings. The monoisotopic (exact) mass is 465 g/mol. The lowest BCUT2D eigenvalue weighted by molar-refractivity contribution is -0.116. The van der Waals surface area contributed by atoms with Gasteiger partial charge in [0.25, 0.3) is 10.0 Å². The van der Waals surface area contributed by atoms with Crippen LogP contribution in [0.3, 0.4) is 0 Å². The summed E-state index contributed by atoms with van der Waals surface area (Å²) in [6.45, 7) is 4.17. The second kappa shape index (κ2) is 9.37. The van der Waals surface area contributed by atoms with Crippen molar-refractivity contribution in [2.75, 3.05) is 22.3 Å². The molecule has 0 atom stereocenters. The van der Waals surface area contributed by atoms with Crippen LogP contribution in [0.4, 0.5) is 11.4 Å². The first-order valence-corrected chi connectivity index (χ1v) is 13.3. The number of rotatable bonds is 8. The molecule has 0 saturated heterocycles. The van der Waals surface area contributed by atoms with Crippen LogP contribution in [0.2, 0.25) is 0 Å². The molecule has 0 unspecified atom stereocenters. The smallest absolute Gasteiger partial charge is 0.261 e. The number of hydrogen-bond donors (Lipinski definition) is 2. The molecule has 2 N–H and O–H groups in total. The Morgan fingerprint density at radius 1 is 0.968 bits per heavy atom. The molecule has 1 aliphatic heterocycles. The number of nitrogens with zero attached hydrogens (tertiary/aromatic N) is 1. The lowest BCUT2D eigenvalue weighted by Gasteiger charge is -2.28. The van der Waals surface area contributed by atoms with Crippen LogP contribution in [0.15, 0.2) is 47.4 Å². The van der Waals surface area contributed by atoms with Crippen molar-refractivity contribution in [1.29, 1.82) is 0 Å². The molecule has 0 spiro atoms. The van der Waals surface area contributed by atoms with E-state index in [1.165, 1.54) is 16.4 Å². The third-order valence-electron chi connectivity index (χ3n) is 5.12. The van der Waals surface area contributed by atoms with Gasteiger partial charge in [-0.25, -0.2) is 16.8 Å². The first-order valence-electron chi connectivity index (χ1n) is 10.2. The van der Waals surface area contributed by atoms with E-state index in [0.29, 0.717) is 30.8 Å². The fourth-order valence-corrected chi connectivity index (χ4v) is 5.52. The van der Waals surface area contributed by atoms with Crippen LogP contribution in [0, 0.1) is 0 Å². The van der Waals surface area contributed by atoms with E-state index in [2.05, 4.69) is 10.0 Å². The summed E-state index contributed by atoms with van der Waals surface area (Å²) < 4.78 is 53.9. The number of anilines is 2. The second-order valence-corrected chi connectivity index (χ2v) is 11.3. The highest BCUT2D eigenvalue weighted by molar-refractivity contribution is 7.92. The number of carbonyl (C=O) groups excluding carboxylic acids is 1. The minimum absolute atomic E-state index is 0.0313. The van der Waals surface area contributed by atoms with Crippen molar-refractivity contribution in [3.8, 4) is 0 Å². The van der Waals surface area contributed by atoms with Crippen molar-refractivity contribution in [3.05, 3.63) is 53.6 Å². The molecule has 0 saturated carbocycles. The Hall–Kier alpha value is -2.43. The standard InChI is InChI=1S/C21H27N3O5S2/c1-3-5-21(25)22-18-8-10-20(11-9-18)31(28,29)23-19-7-6-16-12-13-24(15-17(16)14-19)30(26,27)4-2/h6-11,14,23H,3-5,12-13,15H2,1-2H3,(H,22,25). The highest BCUT2D eigenvalue weighted by Crippen LogP contribution is 2.26. The van der Waals surface area contributed by atoms with Crippen molar-refractivity contribution >= 4 is 37.3 Å². The molecule has 2 aromatic rings. The van der Waals surface area contributed by atoms with Gasteiger partial charge in [0.05, 0.1) is 10.6 Å². The molecule has 0 aromatic heterocycles. The topological polar surface area (TPSA) is 113 Å². The number of hydrogen-bond acceptors (Lipinski definition) is 5. The van der Waals surface area contributed by atoms with Crippen molar-refractivity contribution in [2.24, 2.45) is 0 Å². The third kappa shape index (κ3) is 5.63. The summed E-state index contributed by atoms with van der Waals surface area (Å²) in [5, 5.41) is 2.72. The Morgan fingerprint density at radius 2 is 1.65 bits per heavy atom. The van der Waals surface area contributed by atoms with Crippen LogP contribution in [0.25, 0.3) is 0 Å². The van der Waals surface area contributed by atoms with Crippen LogP contribution in [-0.2, 0) is 37.8 Å². The van der Waals surface area contributed by atoms with Crippen LogP contribution < -0.4 is 10.0 Å². The van der Waals surface area contributed by atoms with E-state index in [4.69, 9.17) is 0 Å². The zero-order valence-electron chi connectivity index (χ0n) is 17.6. The molecule has 0 bridgehead atoms. The molecule has 1 heterocycles. The highest BCUT2D eigenvalue weighted by Gasteiger charge is 2.25. The van der Waals surface area contributed by atoms with Crippen LogP contribution >= 0.6 is 0 Å². The van der Waals surface area contributed by atoms with Gasteiger partial charge in [0.1, 0.15) is 0 Å². The molecular formula is C21H27N3O5S2. The van der Waals surface area contributed by atoms with E-state index < -0.39 is 20.0 Å². The van der Waals surface area contributed by atoms with Crippen LogP contribution in [0.5, 0.6) is 0 Å². The van der Waals surface area contributed by atoms with Gasteiger partial charge in [-0.05, 0) is 67.3 Å². The number of sulfonamides is 2. The molecule has 0 aliphatic carbocycles. The summed E-state index contributed by atoms with van der Waals surface area (Å²) in [4.78, 5) is 11.7. The number of amides is 1. The predicted molar refractivity (Wildman–Crippen MR) is 121 cm³/mol. The maximum atomic E-state index is 12.8. The first kappa shape index (κ1) is 23.2. The van der Waals surface area contributed by atoms with Gasteiger partial charge in [-0.15, -0.1) is 0 Å². The quantitative estimate of drug-likeness (QED) is 0.622. The lowest BCUT2D eigenvalue weighted by atomic mass is 10.0. The van der Waals surface area contributed by atoms with Crippen molar-refractivity contribution in [2.45, 2.75) is 44.6 Å². The predicted octanol–water partition coefficient (Wildman–Crippen LogP) is 2.93. The van der Waals surface area contributed by atoms with E-state index in [1.54, 1.807) is 31.2 Å². The van der Waals surface area contributed by atoms with Gasteiger partial charge in [-0.3, -0.25) is 9.52 Å². The molecule has 31 heavy (non-hydrogen) atoms. The van der Waals surface area contributed by atoms with Gasteiger partial charge >= 0.3 is 0 Å². The van der Waals surface area contributed by atoms with Crippen molar-refractivity contribution in [1.82, 2.24) is 4.31 Å². The Kier molecular flexibility index (Phi) is 7.03. The zero-order valence-corrected chi connectivity index (χ0v) is 19.2. The van der Waals surface area contributed by atoms with E-state index in [-0.39, 0.29) is 23.1 Å². The molecule has 0 radical (unpaired) electrons. The first-order chi connectivity index (χ1) is 14.6. The van der Waals surface area contributed by atoms with Gasteiger partial charge < -0.3 is 5.32 Å². The van der Waals surface area contributed by atoms with Crippen molar-refractivity contribution in [3.63, 3.8) is 0 Å². The van der Waals surface area contributed by atoms with Gasteiger partial charge in [0.2, 0.25) is 15.9 Å². The fraction of sp³-hybridized carbons (Fsp3) is 0.381.